The Bertz CT molecular complexity index is 653. The summed E-state index contributed by atoms with van der Waals surface area (Å²) >= 11 is 0. The summed E-state index contributed by atoms with van der Waals surface area (Å²) < 4.78 is 26.9. The van der Waals surface area contributed by atoms with Crippen LogP contribution in [0, 0.1) is 13.8 Å². The molecule has 0 spiro atoms. The summed E-state index contributed by atoms with van der Waals surface area (Å²) in [5.74, 6) is -0.124. The van der Waals surface area contributed by atoms with E-state index in [9.17, 15) is 13.2 Å². The molecule has 1 aromatic rings. The number of piperidine rings is 1. The second-order valence-electron chi connectivity index (χ2n) is 6.00. The number of benzene rings is 1. The lowest BCUT2D eigenvalue weighted by Crippen LogP contribution is -2.46. The summed E-state index contributed by atoms with van der Waals surface area (Å²) in [6.45, 7) is 5.67. The number of carbonyl (C=O) groups excluding carboxylic acids is 1. The first kappa shape index (κ1) is 17.9. The van der Waals surface area contributed by atoms with Crippen molar-refractivity contribution in [3.05, 3.63) is 29.3 Å². The fraction of sp³-hybridized carbons (Fsp3) is 0.562. The van der Waals surface area contributed by atoms with Gasteiger partial charge >= 0.3 is 0 Å². The predicted molar refractivity (Wildman–Crippen MR) is 89.8 cm³/mol. The Morgan fingerprint density at radius 3 is 2.74 bits per heavy atom. The normalized spacial score (nSPS) is 18.6. The molecule has 0 saturated carbocycles. The van der Waals surface area contributed by atoms with Gasteiger partial charge in [-0.15, -0.1) is 0 Å². The van der Waals surface area contributed by atoms with Crippen molar-refractivity contribution in [2.45, 2.75) is 44.0 Å². The lowest BCUT2D eigenvalue weighted by atomic mass is 10.1. The lowest BCUT2D eigenvalue weighted by Gasteiger charge is -2.23. The molecule has 1 aromatic carbocycles. The Morgan fingerprint density at radius 1 is 1.30 bits per heavy atom. The Hall–Kier alpha value is -1.44. The van der Waals surface area contributed by atoms with Crippen molar-refractivity contribution in [1.82, 2.24) is 15.4 Å². The van der Waals surface area contributed by atoms with Gasteiger partial charge in [0.25, 0.3) is 0 Å². The first-order chi connectivity index (χ1) is 10.9. The van der Waals surface area contributed by atoms with Crippen LogP contribution in [-0.4, -0.2) is 40.0 Å². The minimum absolute atomic E-state index is 0.0985. The Kier molecular flexibility index (Phi) is 6.15. The second kappa shape index (κ2) is 7.90. The van der Waals surface area contributed by atoms with Crippen LogP contribution in [0.3, 0.4) is 0 Å². The summed E-state index contributed by atoms with van der Waals surface area (Å²) in [7, 11) is -3.57. The van der Waals surface area contributed by atoms with Crippen molar-refractivity contribution in [3.8, 4) is 0 Å². The maximum absolute atomic E-state index is 12.2. The minimum Gasteiger partial charge on any atom is -0.352 e. The molecule has 6 nitrogen and oxygen atoms in total. The molecular weight excluding hydrogens is 314 g/mol. The van der Waals surface area contributed by atoms with Gasteiger partial charge in [0.2, 0.25) is 15.9 Å². The topological polar surface area (TPSA) is 87.3 Å². The van der Waals surface area contributed by atoms with Crippen molar-refractivity contribution in [3.63, 3.8) is 0 Å². The molecule has 1 fully saturated rings. The van der Waals surface area contributed by atoms with Crippen LogP contribution in [0.5, 0.6) is 0 Å². The number of amides is 1. The Balaban J connectivity index is 1.82. The van der Waals surface area contributed by atoms with Crippen LogP contribution in [0.4, 0.5) is 0 Å². The van der Waals surface area contributed by atoms with Gasteiger partial charge in [-0.1, -0.05) is 6.07 Å². The van der Waals surface area contributed by atoms with E-state index in [4.69, 9.17) is 0 Å². The van der Waals surface area contributed by atoms with E-state index in [1.165, 1.54) is 0 Å². The van der Waals surface area contributed by atoms with E-state index >= 15 is 0 Å². The molecule has 1 atom stereocenters. The van der Waals surface area contributed by atoms with Crippen LogP contribution in [0.2, 0.25) is 0 Å². The van der Waals surface area contributed by atoms with E-state index in [0.29, 0.717) is 0 Å². The van der Waals surface area contributed by atoms with E-state index < -0.39 is 10.0 Å². The number of carbonyl (C=O) groups is 1. The minimum atomic E-state index is -3.57. The molecular formula is C16H25N3O3S. The van der Waals surface area contributed by atoms with E-state index in [1.807, 2.05) is 13.8 Å². The van der Waals surface area contributed by atoms with Gasteiger partial charge in [0.15, 0.2) is 0 Å². The van der Waals surface area contributed by atoms with Gasteiger partial charge in [-0.05, 0) is 56.5 Å². The second-order valence-corrected chi connectivity index (χ2v) is 7.77. The summed E-state index contributed by atoms with van der Waals surface area (Å²) in [4.78, 5) is 12.1. The fourth-order valence-corrected chi connectivity index (χ4v) is 3.65. The Morgan fingerprint density at radius 2 is 2.09 bits per heavy atom. The molecule has 1 aliphatic heterocycles. The SMILES string of the molecule is Cc1ccc(S(=O)(=O)NCCC(=O)N[C@H]2CCCNC2)cc1C. The van der Waals surface area contributed by atoms with Gasteiger partial charge < -0.3 is 10.6 Å². The highest BCUT2D eigenvalue weighted by Gasteiger charge is 2.17. The summed E-state index contributed by atoms with van der Waals surface area (Å²) in [5.41, 5.74) is 1.97. The molecule has 1 saturated heterocycles. The number of sulfonamides is 1. The molecule has 0 aromatic heterocycles. The van der Waals surface area contributed by atoms with Crippen LogP contribution >= 0.6 is 0 Å². The van der Waals surface area contributed by atoms with Crippen LogP contribution in [0.1, 0.15) is 30.4 Å². The van der Waals surface area contributed by atoms with Gasteiger partial charge in [-0.3, -0.25) is 4.79 Å². The van der Waals surface area contributed by atoms with Crippen LogP contribution in [0.25, 0.3) is 0 Å². The van der Waals surface area contributed by atoms with E-state index in [-0.39, 0.29) is 29.8 Å². The van der Waals surface area contributed by atoms with E-state index in [2.05, 4.69) is 15.4 Å². The zero-order valence-electron chi connectivity index (χ0n) is 13.7. The largest absolute Gasteiger partial charge is 0.352 e. The van der Waals surface area contributed by atoms with Crippen molar-refractivity contribution < 1.29 is 13.2 Å². The highest BCUT2D eigenvalue weighted by Crippen LogP contribution is 2.14. The average molecular weight is 339 g/mol. The number of rotatable bonds is 6. The van der Waals surface area contributed by atoms with Gasteiger partial charge in [0.05, 0.1) is 4.90 Å². The summed E-state index contributed by atoms with van der Waals surface area (Å²) in [5, 5.41) is 6.15. The van der Waals surface area contributed by atoms with Crippen molar-refractivity contribution in [2.75, 3.05) is 19.6 Å². The van der Waals surface area contributed by atoms with E-state index in [0.717, 1.165) is 37.1 Å². The zero-order chi connectivity index (χ0) is 16.9. The number of nitrogens with one attached hydrogen (secondary N) is 3. The van der Waals surface area contributed by atoms with Crippen molar-refractivity contribution in [1.29, 1.82) is 0 Å². The number of hydrogen-bond acceptors (Lipinski definition) is 4. The smallest absolute Gasteiger partial charge is 0.240 e. The molecule has 1 amide bonds. The van der Waals surface area contributed by atoms with Crippen LogP contribution < -0.4 is 15.4 Å². The quantitative estimate of drug-likeness (QED) is 0.717. The maximum Gasteiger partial charge on any atom is 0.240 e. The third-order valence-electron chi connectivity index (χ3n) is 4.09. The highest BCUT2D eigenvalue weighted by molar-refractivity contribution is 7.89. The summed E-state index contributed by atoms with van der Waals surface area (Å²) in [6, 6.07) is 5.16. The molecule has 23 heavy (non-hydrogen) atoms. The molecule has 0 unspecified atom stereocenters. The van der Waals surface area contributed by atoms with Gasteiger partial charge in [-0.2, -0.15) is 0 Å². The van der Waals surface area contributed by atoms with Crippen molar-refractivity contribution in [2.24, 2.45) is 0 Å². The van der Waals surface area contributed by atoms with Gasteiger partial charge in [0.1, 0.15) is 0 Å². The molecule has 7 heteroatoms. The third-order valence-corrected chi connectivity index (χ3v) is 5.55. The third kappa shape index (κ3) is 5.30. The summed E-state index contributed by atoms with van der Waals surface area (Å²) in [6.07, 6.45) is 2.15. The Labute approximate surface area is 138 Å². The average Bonchev–Trinajstić information content (AvgIpc) is 2.50. The van der Waals surface area contributed by atoms with E-state index in [1.54, 1.807) is 18.2 Å². The molecule has 0 bridgehead atoms. The molecule has 3 N–H and O–H groups in total. The van der Waals surface area contributed by atoms with Gasteiger partial charge in [-0.25, -0.2) is 13.1 Å². The molecule has 2 rings (SSSR count). The first-order valence-corrected chi connectivity index (χ1v) is 9.44. The molecule has 0 radical (unpaired) electrons. The molecule has 1 heterocycles. The molecule has 0 aliphatic carbocycles. The monoisotopic (exact) mass is 339 g/mol. The number of aryl methyl sites for hydroxylation is 2. The standard InChI is InChI=1S/C16H25N3O3S/c1-12-5-6-15(10-13(12)2)23(21,22)18-9-7-16(20)19-14-4-3-8-17-11-14/h5-6,10,14,17-18H,3-4,7-9,11H2,1-2H3,(H,19,20)/t14-/m0/s1. The van der Waals surface area contributed by atoms with Crippen molar-refractivity contribution >= 4 is 15.9 Å². The first-order valence-electron chi connectivity index (χ1n) is 7.95. The molecule has 128 valence electrons. The highest BCUT2D eigenvalue weighted by atomic mass is 32.2. The molecule has 1 aliphatic rings. The zero-order valence-corrected chi connectivity index (χ0v) is 14.5. The number of hydrogen-bond donors (Lipinski definition) is 3. The van der Waals surface area contributed by atoms with Crippen LogP contribution in [0.15, 0.2) is 23.1 Å². The maximum atomic E-state index is 12.2. The lowest BCUT2D eigenvalue weighted by molar-refractivity contribution is -0.121. The van der Waals surface area contributed by atoms with Crippen LogP contribution in [-0.2, 0) is 14.8 Å². The predicted octanol–water partition coefficient (Wildman–Crippen LogP) is 0.840. The van der Waals surface area contributed by atoms with Gasteiger partial charge in [0, 0.05) is 25.6 Å². The fourth-order valence-electron chi connectivity index (χ4n) is 2.54.